The molecular formula is C17H21NO3. The predicted octanol–water partition coefficient (Wildman–Crippen LogP) is 3.70. The van der Waals surface area contributed by atoms with Crippen LogP contribution in [0.5, 0.6) is 11.5 Å². The fourth-order valence-corrected chi connectivity index (χ4v) is 3.38. The van der Waals surface area contributed by atoms with Gasteiger partial charge in [0.05, 0.1) is 17.6 Å². The van der Waals surface area contributed by atoms with Gasteiger partial charge in [0.25, 0.3) is 0 Å². The van der Waals surface area contributed by atoms with Crippen molar-refractivity contribution in [3.05, 3.63) is 23.8 Å². The van der Waals surface area contributed by atoms with Gasteiger partial charge < -0.3 is 14.6 Å². The Labute approximate surface area is 125 Å². The first-order chi connectivity index (χ1) is 10.2. The van der Waals surface area contributed by atoms with Crippen LogP contribution in [0.3, 0.4) is 0 Å². The Hall–Kier alpha value is -1.73. The van der Waals surface area contributed by atoms with Crippen molar-refractivity contribution < 1.29 is 14.6 Å². The highest BCUT2D eigenvalue weighted by molar-refractivity contribution is 5.45. The molecule has 0 radical (unpaired) electrons. The van der Waals surface area contributed by atoms with Crippen LogP contribution in [0.1, 0.15) is 56.6 Å². The van der Waals surface area contributed by atoms with Gasteiger partial charge in [-0.2, -0.15) is 5.26 Å². The summed E-state index contributed by atoms with van der Waals surface area (Å²) < 4.78 is 10.7. The topological polar surface area (TPSA) is 62.5 Å². The number of fused-ring (bicyclic) bond motifs is 1. The first kappa shape index (κ1) is 14.2. The summed E-state index contributed by atoms with van der Waals surface area (Å²) in [6.07, 6.45) is 6.31. The summed E-state index contributed by atoms with van der Waals surface area (Å²) in [6, 6.07) is 7.90. The molecule has 1 aliphatic heterocycles. The normalized spacial score (nSPS) is 21.9. The minimum absolute atomic E-state index is 0.221. The maximum Gasteiger partial charge on any atom is 0.231 e. The van der Waals surface area contributed by atoms with E-state index in [1.165, 1.54) is 6.42 Å². The number of aliphatic hydroxyl groups is 1. The van der Waals surface area contributed by atoms with Crippen LogP contribution in [0.15, 0.2) is 18.2 Å². The molecule has 1 N–H and O–H groups in total. The molecule has 21 heavy (non-hydrogen) atoms. The average Bonchev–Trinajstić information content (AvgIpc) is 2.94. The van der Waals surface area contributed by atoms with Crippen molar-refractivity contribution in [2.45, 2.75) is 51.0 Å². The van der Waals surface area contributed by atoms with E-state index in [-0.39, 0.29) is 6.79 Å². The second kappa shape index (κ2) is 5.95. The SMILES string of the molecule is N#CC1(C(O)c2ccc3c(c2)OCO3)CCCCCCC1. The van der Waals surface area contributed by atoms with Crippen LogP contribution in [0.2, 0.25) is 0 Å². The van der Waals surface area contributed by atoms with Gasteiger partial charge in [-0.25, -0.2) is 0 Å². The van der Waals surface area contributed by atoms with Crippen molar-refractivity contribution in [1.29, 1.82) is 5.26 Å². The lowest BCUT2D eigenvalue weighted by Crippen LogP contribution is -2.28. The van der Waals surface area contributed by atoms with Crippen LogP contribution in [-0.4, -0.2) is 11.9 Å². The minimum Gasteiger partial charge on any atom is -0.454 e. The predicted molar refractivity (Wildman–Crippen MR) is 77.9 cm³/mol. The van der Waals surface area contributed by atoms with Crippen LogP contribution >= 0.6 is 0 Å². The van der Waals surface area contributed by atoms with E-state index < -0.39 is 11.5 Å². The molecule has 2 aliphatic rings. The van der Waals surface area contributed by atoms with E-state index in [9.17, 15) is 10.4 Å². The summed E-state index contributed by atoms with van der Waals surface area (Å²) in [5.74, 6) is 1.36. The van der Waals surface area contributed by atoms with Gasteiger partial charge in [-0.05, 0) is 30.5 Å². The number of hydrogen-bond donors (Lipinski definition) is 1. The highest BCUT2D eigenvalue weighted by Gasteiger charge is 2.39. The molecule has 3 rings (SSSR count). The number of nitriles is 1. The number of benzene rings is 1. The van der Waals surface area contributed by atoms with Crippen LogP contribution < -0.4 is 9.47 Å². The summed E-state index contributed by atoms with van der Waals surface area (Å²) in [5.41, 5.74) is 0.0788. The zero-order valence-corrected chi connectivity index (χ0v) is 12.2. The number of hydrogen-bond acceptors (Lipinski definition) is 4. The summed E-state index contributed by atoms with van der Waals surface area (Å²) in [5, 5.41) is 20.5. The Kier molecular flexibility index (Phi) is 4.03. The van der Waals surface area contributed by atoms with Gasteiger partial charge >= 0.3 is 0 Å². The average molecular weight is 287 g/mol. The highest BCUT2D eigenvalue weighted by atomic mass is 16.7. The molecule has 1 aromatic carbocycles. The van der Waals surface area contributed by atoms with Crippen LogP contribution in [0.4, 0.5) is 0 Å². The standard InChI is InChI=1S/C17H21NO3/c18-11-17(8-4-2-1-3-5-9-17)16(19)13-6-7-14-15(10-13)21-12-20-14/h6-7,10,16,19H,1-5,8-9,12H2. The van der Waals surface area contributed by atoms with E-state index >= 15 is 0 Å². The molecule has 112 valence electrons. The minimum atomic E-state index is -0.768. The molecular weight excluding hydrogens is 266 g/mol. The van der Waals surface area contributed by atoms with Crippen LogP contribution in [-0.2, 0) is 0 Å². The third-order valence-electron chi connectivity index (χ3n) is 4.70. The lowest BCUT2D eigenvalue weighted by atomic mass is 9.71. The number of ether oxygens (including phenoxy) is 2. The van der Waals surface area contributed by atoms with Crippen molar-refractivity contribution in [3.8, 4) is 17.6 Å². The van der Waals surface area contributed by atoms with E-state index in [1.807, 2.05) is 18.2 Å². The monoisotopic (exact) mass is 287 g/mol. The lowest BCUT2D eigenvalue weighted by Gasteiger charge is -2.33. The van der Waals surface area contributed by atoms with Gasteiger partial charge in [0.15, 0.2) is 11.5 Å². The van der Waals surface area contributed by atoms with Gasteiger partial charge in [0.2, 0.25) is 6.79 Å². The third-order valence-corrected chi connectivity index (χ3v) is 4.70. The van der Waals surface area contributed by atoms with Gasteiger partial charge in [-0.15, -0.1) is 0 Å². The zero-order valence-electron chi connectivity index (χ0n) is 12.2. The van der Waals surface area contributed by atoms with Crippen LogP contribution in [0, 0.1) is 16.7 Å². The molecule has 0 amide bonds. The molecule has 0 aromatic heterocycles. The number of aliphatic hydroxyl groups excluding tert-OH is 1. The Bertz CT molecular complexity index is 541. The lowest BCUT2D eigenvalue weighted by molar-refractivity contribution is 0.0433. The molecule has 1 aliphatic carbocycles. The molecule has 1 saturated carbocycles. The first-order valence-electron chi connectivity index (χ1n) is 7.74. The van der Waals surface area contributed by atoms with Crippen molar-refractivity contribution in [2.24, 2.45) is 5.41 Å². The molecule has 1 unspecified atom stereocenters. The van der Waals surface area contributed by atoms with Gasteiger partial charge in [-0.3, -0.25) is 0 Å². The van der Waals surface area contributed by atoms with Crippen molar-refractivity contribution in [3.63, 3.8) is 0 Å². The third kappa shape index (κ3) is 2.71. The molecule has 0 bridgehead atoms. The zero-order chi connectivity index (χ0) is 14.7. The fourth-order valence-electron chi connectivity index (χ4n) is 3.38. The maximum atomic E-state index is 10.8. The van der Waals surface area contributed by atoms with Crippen LogP contribution in [0.25, 0.3) is 0 Å². The second-order valence-corrected chi connectivity index (χ2v) is 6.05. The van der Waals surface area contributed by atoms with Gasteiger partial charge in [-0.1, -0.05) is 38.2 Å². The summed E-state index contributed by atoms with van der Waals surface area (Å²) >= 11 is 0. The van der Waals surface area contributed by atoms with Crippen molar-refractivity contribution >= 4 is 0 Å². The molecule has 0 saturated heterocycles. The number of rotatable bonds is 2. The Balaban J connectivity index is 1.87. The van der Waals surface area contributed by atoms with Crippen molar-refractivity contribution in [2.75, 3.05) is 6.79 Å². The molecule has 4 heteroatoms. The number of nitrogens with zero attached hydrogens (tertiary/aromatic N) is 1. The second-order valence-electron chi connectivity index (χ2n) is 6.05. The summed E-state index contributed by atoms with van der Waals surface area (Å²) in [6.45, 7) is 0.221. The molecule has 1 atom stereocenters. The Morgan fingerprint density at radius 1 is 1.05 bits per heavy atom. The quantitative estimate of drug-likeness (QED) is 0.900. The van der Waals surface area contributed by atoms with E-state index in [2.05, 4.69) is 6.07 Å². The van der Waals surface area contributed by atoms with Gasteiger partial charge in [0.1, 0.15) is 0 Å². The van der Waals surface area contributed by atoms with E-state index in [4.69, 9.17) is 9.47 Å². The molecule has 1 aromatic rings. The van der Waals surface area contributed by atoms with E-state index in [0.29, 0.717) is 11.5 Å². The smallest absolute Gasteiger partial charge is 0.231 e. The summed E-state index contributed by atoms with van der Waals surface area (Å²) in [4.78, 5) is 0. The molecule has 4 nitrogen and oxygen atoms in total. The largest absolute Gasteiger partial charge is 0.454 e. The first-order valence-corrected chi connectivity index (χ1v) is 7.74. The Morgan fingerprint density at radius 2 is 1.71 bits per heavy atom. The maximum absolute atomic E-state index is 10.8. The van der Waals surface area contributed by atoms with E-state index in [1.54, 1.807) is 0 Å². The summed E-state index contributed by atoms with van der Waals surface area (Å²) in [7, 11) is 0. The van der Waals surface area contributed by atoms with Gasteiger partial charge in [0, 0.05) is 0 Å². The fraction of sp³-hybridized carbons (Fsp3) is 0.588. The molecule has 0 spiro atoms. The van der Waals surface area contributed by atoms with Crippen molar-refractivity contribution in [1.82, 2.24) is 0 Å². The Morgan fingerprint density at radius 3 is 2.43 bits per heavy atom. The highest BCUT2D eigenvalue weighted by Crippen LogP contribution is 2.45. The molecule has 1 heterocycles. The van der Waals surface area contributed by atoms with E-state index in [0.717, 1.165) is 44.1 Å². The molecule has 1 fully saturated rings.